The lowest BCUT2D eigenvalue weighted by atomic mass is 9.53. The first-order valence-corrected chi connectivity index (χ1v) is 7.00. The van der Waals surface area contributed by atoms with Crippen molar-refractivity contribution in [2.24, 2.45) is 10.8 Å². The van der Waals surface area contributed by atoms with Crippen LogP contribution in [0.15, 0.2) is 0 Å². The summed E-state index contributed by atoms with van der Waals surface area (Å²) in [6, 6.07) is 0. The molecular formula is C14H26O2. The molecule has 94 valence electrons. The first kappa shape index (κ1) is 12.4. The first-order chi connectivity index (χ1) is 7.79. The van der Waals surface area contributed by atoms with Crippen LogP contribution in [0.1, 0.15) is 64.2 Å². The summed E-state index contributed by atoms with van der Waals surface area (Å²) in [6.45, 7) is 0.368. The van der Waals surface area contributed by atoms with E-state index in [-0.39, 0.29) is 24.0 Å². The minimum atomic E-state index is -0.171. The first-order valence-electron chi connectivity index (χ1n) is 7.00. The molecule has 0 saturated heterocycles. The second kappa shape index (κ2) is 5.05. The summed E-state index contributed by atoms with van der Waals surface area (Å²) in [5.41, 5.74) is 0.0842. The van der Waals surface area contributed by atoms with Gasteiger partial charge in [-0.15, -0.1) is 0 Å². The van der Waals surface area contributed by atoms with Gasteiger partial charge in [-0.3, -0.25) is 0 Å². The van der Waals surface area contributed by atoms with Crippen molar-refractivity contribution in [1.29, 1.82) is 0 Å². The topological polar surface area (TPSA) is 40.5 Å². The van der Waals surface area contributed by atoms with Crippen LogP contribution in [0.5, 0.6) is 0 Å². The standard InChI is InChI=1S/C14H26O2/c15-11-14(12-16)10-6-5-9-13(14)7-3-1-2-4-8-13/h15-16H,1-12H2. The molecule has 2 aliphatic carbocycles. The Morgan fingerprint density at radius 2 is 1.06 bits per heavy atom. The quantitative estimate of drug-likeness (QED) is 0.760. The Morgan fingerprint density at radius 3 is 1.56 bits per heavy atom. The van der Waals surface area contributed by atoms with E-state index in [1.807, 2.05) is 0 Å². The third-order valence-corrected chi connectivity index (χ3v) is 5.35. The average molecular weight is 226 g/mol. The maximum Gasteiger partial charge on any atom is 0.0514 e. The number of hydrogen-bond donors (Lipinski definition) is 2. The minimum Gasteiger partial charge on any atom is -0.396 e. The monoisotopic (exact) mass is 226 g/mol. The summed E-state index contributed by atoms with van der Waals surface area (Å²) in [5.74, 6) is 0. The van der Waals surface area contributed by atoms with Gasteiger partial charge in [-0.05, 0) is 31.1 Å². The van der Waals surface area contributed by atoms with E-state index in [0.29, 0.717) is 0 Å². The molecule has 0 bridgehead atoms. The van der Waals surface area contributed by atoms with E-state index in [1.54, 1.807) is 0 Å². The highest BCUT2D eigenvalue weighted by Crippen LogP contribution is 2.57. The summed E-state index contributed by atoms with van der Waals surface area (Å²) in [5, 5.41) is 19.6. The summed E-state index contributed by atoms with van der Waals surface area (Å²) < 4.78 is 0. The Morgan fingerprint density at radius 1 is 0.625 bits per heavy atom. The van der Waals surface area contributed by atoms with Crippen molar-refractivity contribution in [1.82, 2.24) is 0 Å². The molecule has 0 aliphatic heterocycles. The Kier molecular flexibility index (Phi) is 3.91. The Hall–Kier alpha value is -0.0800. The smallest absolute Gasteiger partial charge is 0.0514 e. The summed E-state index contributed by atoms with van der Waals surface area (Å²) in [7, 11) is 0. The highest BCUT2D eigenvalue weighted by molar-refractivity contribution is 5.00. The molecule has 0 unspecified atom stereocenters. The molecule has 2 aliphatic rings. The molecule has 0 aromatic carbocycles. The summed E-state index contributed by atoms with van der Waals surface area (Å²) in [6.07, 6.45) is 12.5. The van der Waals surface area contributed by atoms with Crippen LogP contribution in [0.3, 0.4) is 0 Å². The van der Waals surface area contributed by atoms with Gasteiger partial charge < -0.3 is 10.2 Å². The molecule has 0 atom stereocenters. The third kappa shape index (κ3) is 1.91. The molecule has 0 amide bonds. The van der Waals surface area contributed by atoms with Crippen LogP contribution in [0, 0.1) is 10.8 Å². The van der Waals surface area contributed by atoms with Crippen molar-refractivity contribution in [2.45, 2.75) is 64.2 Å². The van der Waals surface area contributed by atoms with Crippen molar-refractivity contribution in [3.63, 3.8) is 0 Å². The second-order valence-electron chi connectivity index (χ2n) is 6.00. The van der Waals surface area contributed by atoms with Crippen LogP contribution in [0.25, 0.3) is 0 Å². The van der Waals surface area contributed by atoms with E-state index in [1.165, 1.54) is 57.8 Å². The van der Waals surface area contributed by atoms with Crippen LogP contribution in [-0.4, -0.2) is 23.4 Å². The number of hydrogen-bond acceptors (Lipinski definition) is 2. The highest BCUT2D eigenvalue weighted by Gasteiger charge is 2.51. The average Bonchev–Trinajstić information content (AvgIpc) is 2.57. The molecule has 0 aromatic heterocycles. The maximum absolute atomic E-state index is 9.79. The lowest BCUT2D eigenvalue weighted by Gasteiger charge is -2.52. The van der Waals surface area contributed by atoms with E-state index in [9.17, 15) is 10.2 Å². The van der Waals surface area contributed by atoms with Crippen LogP contribution in [-0.2, 0) is 0 Å². The van der Waals surface area contributed by atoms with Crippen molar-refractivity contribution in [3.05, 3.63) is 0 Å². The lowest BCUT2D eigenvalue weighted by Crippen LogP contribution is -2.49. The summed E-state index contributed by atoms with van der Waals surface area (Å²) in [4.78, 5) is 0. The molecule has 0 aromatic rings. The fourth-order valence-electron chi connectivity index (χ4n) is 4.19. The maximum atomic E-state index is 9.79. The van der Waals surface area contributed by atoms with E-state index in [0.717, 1.165) is 6.42 Å². The van der Waals surface area contributed by atoms with E-state index < -0.39 is 0 Å². The zero-order valence-corrected chi connectivity index (χ0v) is 10.4. The number of rotatable bonds is 2. The normalized spacial score (nSPS) is 28.9. The van der Waals surface area contributed by atoms with Crippen LogP contribution >= 0.6 is 0 Å². The molecule has 2 N–H and O–H groups in total. The van der Waals surface area contributed by atoms with Crippen LogP contribution in [0.4, 0.5) is 0 Å². The zero-order chi connectivity index (χ0) is 11.5. The van der Waals surface area contributed by atoms with Gasteiger partial charge in [0.1, 0.15) is 0 Å². The molecule has 2 rings (SSSR count). The van der Waals surface area contributed by atoms with Crippen molar-refractivity contribution in [3.8, 4) is 0 Å². The predicted molar refractivity (Wildman–Crippen MR) is 65.2 cm³/mol. The SMILES string of the molecule is OCC1(CO)CCCCC12CCCCCC2. The van der Waals surface area contributed by atoms with E-state index in [4.69, 9.17) is 0 Å². The molecule has 0 heterocycles. The van der Waals surface area contributed by atoms with Gasteiger partial charge in [-0.1, -0.05) is 38.5 Å². The Balaban J connectivity index is 2.24. The highest BCUT2D eigenvalue weighted by atomic mass is 16.3. The zero-order valence-electron chi connectivity index (χ0n) is 10.4. The molecule has 1 spiro atoms. The van der Waals surface area contributed by atoms with E-state index >= 15 is 0 Å². The van der Waals surface area contributed by atoms with Gasteiger partial charge in [-0.25, -0.2) is 0 Å². The van der Waals surface area contributed by atoms with Crippen molar-refractivity contribution >= 4 is 0 Å². The third-order valence-electron chi connectivity index (χ3n) is 5.35. The molecular weight excluding hydrogens is 200 g/mol. The Bertz CT molecular complexity index is 213. The van der Waals surface area contributed by atoms with Gasteiger partial charge >= 0.3 is 0 Å². The van der Waals surface area contributed by atoms with E-state index in [2.05, 4.69) is 0 Å². The van der Waals surface area contributed by atoms with Crippen LogP contribution in [0.2, 0.25) is 0 Å². The molecule has 2 fully saturated rings. The fraction of sp³-hybridized carbons (Fsp3) is 1.00. The minimum absolute atomic E-state index is 0.171. The predicted octanol–water partition coefficient (Wildman–Crippen LogP) is 2.87. The van der Waals surface area contributed by atoms with Crippen LogP contribution < -0.4 is 0 Å². The molecule has 2 saturated carbocycles. The van der Waals surface area contributed by atoms with Gasteiger partial charge in [-0.2, -0.15) is 0 Å². The van der Waals surface area contributed by atoms with Gasteiger partial charge in [0.2, 0.25) is 0 Å². The number of aliphatic hydroxyl groups excluding tert-OH is 2. The van der Waals surface area contributed by atoms with Crippen molar-refractivity contribution in [2.75, 3.05) is 13.2 Å². The van der Waals surface area contributed by atoms with Gasteiger partial charge in [0.25, 0.3) is 0 Å². The fourth-order valence-corrected chi connectivity index (χ4v) is 4.19. The summed E-state index contributed by atoms with van der Waals surface area (Å²) >= 11 is 0. The Labute approximate surface area is 99.1 Å². The molecule has 2 nitrogen and oxygen atoms in total. The van der Waals surface area contributed by atoms with Gasteiger partial charge in [0.15, 0.2) is 0 Å². The van der Waals surface area contributed by atoms with Gasteiger partial charge in [0.05, 0.1) is 13.2 Å². The second-order valence-corrected chi connectivity index (χ2v) is 6.00. The molecule has 2 heteroatoms. The molecule has 16 heavy (non-hydrogen) atoms. The number of aliphatic hydroxyl groups is 2. The lowest BCUT2D eigenvalue weighted by molar-refractivity contribution is -0.0996. The van der Waals surface area contributed by atoms with Gasteiger partial charge in [0, 0.05) is 5.41 Å². The molecule has 0 radical (unpaired) electrons. The largest absolute Gasteiger partial charge is 0.396 e. The van der Waals surface area contributed by atoms with Crippen molar-refractivity contribution < 1.29 is 10.2 Å².